The Morgan fingerprint density at radius 2 is 1.29 bits per heavy atom. The van der Waals surface area contributed by atoms with Gasteiger partial charge < -0.3 is 23.7 Å². The van der Waals surface area contributed by atoms with E-state index in [0.717, 1.165) is 0 Å². The van der Waals surface area contributed by atoms with Crippen LogP contribution >= 0.6 is 48.0 Å². The van der Waals surface area contributed by atoms with Crippen molar-refractivity contribution in [3.05, 3.63) is 0 Å². The van der Waals surface area contributed by atoms with Crippen LogP contribution in [0.5, 0.6) is 0 Å². The molecule has 0 aromatic carbocycles. The number of carbonyl (C=O) groups excluding carboxylic acids is 4. The van der Waals surface area contributed by atoms with E-state index in [1.807, 2.05) is 13.8 Å². The van der Waals surface area contributed by atoms with Crippen LogP contribution in [0.3, 0.4) is 0 Å². The lowest BCUT2D eigenvalue weighted by Crippen LogP contribution is -2.30. The number of hydrogen-bond acceptors (Lipinski definition) is 13. The van der Waals surface area contributed by atoms with Crippen LogP contribution in [0.25, 0.3) is 0 Å². The van der Waals surface area contributed by atoms with Crippen molar-refractivity contribution in [2.24, 2.45) is 0 Å². The summed E-state index contributed by atoms with van der Waals surface area (Å²) in [5.74, 6) is -1.16. The fourth-order valence-electron chi connectivity index (χ4n) is 3.22. The second-order valence-electron chi connectivity index (χ2n) is 8.16. The van der Waals surface area contributed by atoms with Crippen molar-refractivity contribution < 1.29 is 42.9 Å². The standard InChI is InChI=1S/C25H40O9S4/c1-6-30-24(35)37-21(16-33-18(4)27)13-11-20(29)12-14-23(38-25(36)31-7-2)22(34-19(5)28)10-8-9-15-32-17(3)26/h21-23H,6-16H2,1-5H3. The summed E-state index contributed by atoms with van der Waals surface area (Å²) in [6, 6.07) is 0. The highest BCUT2D eigenvalue weighted by molar-refractivity contribution is 8.23. The molecule has 13 heteroatoms. The number of esters is 3. The van der Waals surface area contributed by atoms with Crippen LogP contribution < -0.4 is 0 Å². The molecule has 0 bridgehead atoms. The molecule has 0 saturated carbocycles. The number of thiocarbonyl (C=S) groups is 2. The minimum Gasteiger partial charge on any atom is -0.479 e. The highest BCUT2D eigenvalue weighted by atomic mass is 32.2. The van der Waals surface area contributed by atoms with Crippen LogP contribution in [0.1, 0.15) is 79.6 Å². The summed E-state index contributed by atoms with van der Waals surface area (Å²) >= 11 is 13.0. The Morgan fingerprint density at radius 3 is 1.84 bits per heavy atom. The number of ketones is 1. The Hall–Kier alpha value is -1.44. The summed E-state index contributed by atoms with van der Waals surface area (Å²) in [4.78, 5) is 46.9. The summed E-state index contributed by atoms with van der Waals surface area (Å²) in [5.41, 5.74) is 0. The molecule has 3 unspecified atom stereocenters. The van der Waals surface area contributed by atoms with E-state index in [4.69, 9.17) is 48.1 Å². The number of carbonyl (C=O) groups is 4. The van der Waals surface area contributed by atoms with Crippen LogP contribution in [-0.2, 0) is 42.9 Å². The molecular formula is C25H40O9S4. The van der Waals surface area contributed by atoms with E-state index >= 15 is 0 Å². The Labute approximate surface area is 245 Å². The summed E-state index contributed by atoms with van der Waals surface area (Å²) in [6.45, 7) is 8.92. The molecule has 0 radical (unpaired) electrons. The van der Waals surface area contributed by atoms with Gasteiger partial charge in [0.2, 0.25) is 8.77 Å². The van der Waals surface area contributed by atoms with Gasteiger partial charge >= 0.3 is 17.9 Å². The summed E-state index contributed by atoms with van der Waals surface area (Å²) in [6.07, 6.45) is 2.72. The molecule has 0 heterocycles. The second kappa shape index (κ2) is 22.4. The van der Waals surface area contributed by atoms with E-state index in [1.165, 1.54) is 44.3 Å². The third-order valence-corrected chi connectivity index (χ3v) is 7.86. The first-order valence-electron chi connectivity index (χ1n) is 12.6. The number of rotatable bonds is 19. The molecule has 0 fully saturated rings. The van der Waals surface area contributed by atoms with E-state index in [9.17, 15) is 19.2 Å². The van der Waals surface area contributed by atoms with Crippen molar-refractivity contribution >= 4 is 80.4 Å². The summed E-state index contributed by atoms with van der Waals surface area (Å²) in [7, 11) is 0. The zero-order valence-corrected chi connectivity index (χ0v) is 26.1. The Kier molecular flexibility index (Phi) is 21.5. The van der Waals surface area contributed by atoms with E-state index in [1.54, 1.807) is 0 Å². The van der Waals surface area contributed by atoms with Crippen LogP contribution in [0.2, 0.25) is 0 Å². The van der Waals surface area contributed by atoms with Crippen molar-refractivity contribution in [3.63, 3.8) is 0 Å². The van der Waals surface area contributed by atoms with Crippen molar-refractivity contribution in [2.75, 3.05) is 26.4 Å². The molecule has 0 spiro atoms. The average molecular weight is 613 g/mol. The van der Waals surface area contributed by atoms with Gasteiger partial charge in [0, 0.05) is 38.9 Å². The third-order valence-electron chi connectivity index (χ3n) is 4.88. The first-order chi connectivity index (χ1) is 18.0. The maximum absolute atomic E-state index is 12.8. The first kappa shape index (κ1) is 36.6. The molecular weight excluding hydrogens is 573 g/mol. The van der Waals surface area contributed by atoms with E-state index in [-0.39, 0.29) is 48.3 Å². The lowest BCUT2D eigenvalue weighted by atomic mass is 10.0. The molecule has 0 saturated heterocycles. The number of Topliss-reactive ketones (excluding diaryl/α,β-unsaturated/α-hetero) is 1. The fourth-order valence-corrected chi connectivity index (χ4v) is 6.08. The summed E-state index contributed by atoms with van der Waals surface area (Å²) in [5, 5.41) is -0.490. The topological polar surface area (TPSA) is 114 Å². The van der Waals surface area contributed by atoms with Gasteiger partial charge in [-0.05, 0) is 70.4 Å². The largest absolute Gasteiger partial charge is 0.479 e. The molecule has 0 aromatic rings. The molecule has 0 aliphatic rings. The van der Waals surface area contributed by atoms with Gasteiger partial charge in [-0.15, -0.1) is 0 Å². The van der Waals surface area contributed by atoms with Gasteiger partial charge in [-0.25, -0.2) is 0 Å². The molecule has 0 aliphatic carbocycles. The van der Waals surface area contributed by atoms with Crippen molar-refractivity contribution in [2.45, 2.75) is 96.2 Å². The maximum Gasteiger partial charge on any atom is 0.302 e. The molecule has 0 aliphatic heterocycles. The molecule has 0 rings (SSSR count). The molecule has 3 atom stereocenters. The smallest absolute Gasteiger partial charge is 0.302 e. The Bertz CT molecular complexity index is 776. The quantitative estimate of drug-likeness (QED) is 0.0825. The number of hydrogen-bond donors (Lipinski definition) is 0. The fraction of sp³-hybridized carbons (Fsp3) is 0.760. The molecule has 38 heavy (non-hydrogen) atoms. The van der Waals surface area contributed by atoms with Crippen molar-refractivity contribution in [3.8, 4) is 0 Å². The molecule has 218 valence electrons. The third kappa shape index (κ3) is 20.5. The average Bonchev–Trinajstić information content (AvgIpc) is 2.82. The van der Waals surface area contributed by atoms with Crippen LogP contribution in [-0.4, -0.2) is 75.5 Å². The predicted molar refractivity (Wildman–Crippen MR) is 157 cm³/mol. The number of thioether (sulfide) groups is 2. The van der Waals surface area contributed by atoms with Gasteiger partial charge in [-0.2, -0.15) is 0 Å². The van der Waals surface area contributed by atoms with E-state index in [0.29, 0.717) is 54.1 Å². The van der Waals surface area contributed by atoms with Gasteiger partial charge in [0.05, 0.1) is 25.1 Å². The molecule has 0 aromatic heterocycles. The highest BCUT2D eigenvalue weighted by Gasteiger charge is 2.28. The maximum atomic E-state index is 12.8. The first-order valence-corrected chi connectivity index (χ1v) is 15.2. The molecule has 0 N–H and O–H groups in total. The summed E-state index contributed by atoms with van der Waals surface area (Å²) < 4.78 is 27.1. The van der Waals surface area contributed by atoms with E-state index < -0.39 is 18.0 Å². The monoisotopic (exact) mass is 612 g/mol. The van der Waals surface area contributed by atoms with Gasteiger partial charge in [0.25, 0.3) is 0 Å². The van der Waals surface area contributed by atoms with E-state index in [2.05, 4.69) is 0 Å². The number of unbranched alkanes of at least 4 members (excludes halogenated alkanes) is 1. The van der Waals surface area contributed by atoms with Crippen LogP contribution in [0.4, 0.5) is 0 Å². The van der Waals surface area contributed by atoms with Crippen LogP contribution in [0, 0.1) is 0 Å². The van der Waals surface area contributed by atoms with Gasteiger partial charge in [0.1, 0.15) is 18.5 Å². The zero-order chi connectivity index (χ0) is 28.9. The van der Waals surface area contributed by atoms with Crippen molar-refractivity contribution in [1.29, 1.82) is 0 Å². The Morgan fingerprint density at radius 1 is 0.711 bits per heavy atom. The van der Waals surface area contributed by atoms with Crippen molar-refractivity contribution in [1.82, 2.24) is 0 Å². The lowest BCUT2D eigenvalue weighted by Gasteiger charge is -2.26. The Balaban J connectivity index is 5.17. The minimum atomic E-state index is -0.489. The zero-order valence-electron chi connectivity index (χ0n) is 22.8. The van der Waals surface area contributed by atoms with Gasteiger partial charge in [-0.3, -0.25) is 19.2 Å². The minimum absolute atomic E-state index is 0.0186. The lowest BCUT2D eigenvalue weighted by molar-refractivity contribution is -0.146. The van der Waals surface area contributed by atoms with Gasteiger partial charge in [-0.1, -0.05) is 23.5 Å². The highest BCUT2D eigenvalue weighted by Crippen LogP contribution is 2.29. The predicted octanol–water partition coefficient (Wildman–Crippen LogP) is 5.19. The van der Waals surface area contributed by atoms with Crippen LogP contribution in [0.15, 0.2) is 0 Å². The molecule has 0 amide bonds. The SMILES string of the molecule is CCOC(=S)SC(CCC(=O)CCC(SC(=S)OCC)C(CCCCOC(C)=O)OC(C)=O)COC(C)=O. The van der Waals surface area contributed by atoms with Gasteiger partial charge in [0.15, 0.2) is 0 Å². The number of ether oxygens (including phenoxy) is 5. The second-order valence-corrected chi connectivity index (χ2v) is 11.9. The normalized spacial score (nSPS) is 13.0. The molecule has 9 nitrogen and oxygen atoms in total.